The maximum atomic E-state index is 5.57. The minimum Gasteiger partial charge on any atom is -0.381 e. The number of nitrogens with one attached hydrogen (secondary N) is 1. The van der Waals surface area contributed by atoms with E-state index in [0.717, 1.165) is 45.1 Å². The molecule has 3 fully saturated rings. The maximum absolute atomic E-state index is 5.57. The number of ether oxygens (including phenoxy) is 1. The highest BCUT2D eigenvalue weighted by Crippen LogP contribution is 2.43. The normalized spacial score (nSPS) is 26.8. The van der Waals surface area contributed by atoms with Crippen LogP contribution in [0, 0.1) is 5.41 Å². The molecule has 5 heteroatoms. The van der Waals surface area contributed by atoms with Crippen molar-refractivity contribution in [3.63, 3.8) is 0 Å². The van der Waals surface area contributed by atoms with E-state index < -0.39 is 0 Å². The van der Waals surface area contributed by atoms with Crippen molar-refractivity contribution in [3.05, 3.63) is 0 Å². The molecule has 4 nitrogen and oxygen atoms in total. The second-order valence-electron chi connectivity index (χ2n) is 7.90. The lowest BCUT2D eigenvalue weighted by Gasteiger charge is -2.35. The van der Waals surface area contributed by atoms with Gasteiger partial charge in [-0.15, -0.1) is 0 Å². The molecule has 3 rings (SSSR count). The molecule has 0 bridgehead atoms. The molecule has 1 aliphatic carbocycles. The minimum atomic E-state index is 0.279. The lowest BCUT2D eigenvalue weighted by Crippen LogP contribution is -2.43. The summed E-state index contributed by atoms with van der Waals surface area (Å²) in [4.78, 5) is 7.64. The summed E-state index contributed by atoms with van der Waals surface area (Å²) in [5.74, 6) is 1.15. The van der Waals surface area contributed by atoms with Crippen molar-refractivity contribution in [2.24, 2.45) is 10.4 Å². The Morgan fingerprint density at radius 3 is 2.54 bits per heavy atom. The average Bonchev–Trinajstić information content (AvgIpc) is 3.03. The van der Waals surface area contributed by atoms with Gasteiger partial charge in [0.15, 0.2) is 5.96 Å². The van der Waals surface area contributed by atoms with Gasteiger partial charge in [0, 0.05) is 37.6 Å². The molecule has 0 atom stereocenters. The van der Waals surface area contributed by atoms with Crippen molar-refractivity contribution in [1.82, 2.24) is 10.2 Å². The van der Waals surface area contributed by atoms with Gasteiger partial charge in [-0.25, -0.2) is 0 Å². The topological polar surface area (TPSA) is 36.9 Å². The summed E-state index contributed by atoms with van der Waals surface area (Å²) in [7, 11) is 0. The zero-order valence-corrected chi connectivity index (χ0v) is 16.4. The summed E-state index contributed by atoms with van der Waals surface area (Å²) in [6.07, 6.45) is 13.0. The summed E-state index contributed by atoms with van der Waals surface area (Å²) in [6.45, 7) is 8.23. The van der Waals surface area contributed by atoms with Crippen LogP contribution < -0.4 is 5.32 Å². The highest BCUT2D eigenvalue weighted by Gasteiger charge is 2.40. The molecule has 0 aromatic carbocycles. The molecule has 0 radical (unpaired) electrons. The zero-order chi connectivity index (χ0) is 16.9. The fraction of sp³-hybridized carbons (Fsp3) is 0.947. The van der Waals surface area contributed by atoms with Gasteiger partial charge in [0.05, 0.1) is 6.54 Å². The average molecular weight is 354 g/mol. The summed E-state index contributed by atoms with van der Waals surface area (Å²) < 4.78 is 5.85. The maximum Gasteiger partial charge on any atom is 0.193 e. The van der Waals surface area contributed by atoms with Crippen LogP contribution in [0.1, 0.15) is 58.3 Å². The summed E-state index contributed by atoms with van der Waals surface area (Å²) >= 11 is 1.98. The monoisotopic (exact) mass is 353 g/mol. The van der Waals surface area contributed by atoms with E-state index in [9.17, 15) is 0 Å². The van der Waals surface area contributed by atoms with Crippen molar-refractivity contribution in [2.75, 3.05) is 45.6 Å². The quantitative estimate of drug-likeness (QED) is 0.620. The molecule has 2 saturated heterocycles. The second-order valence-corrected chi connectivity index (χ2v) is 9.18. The van der Waals surface area contributed by atoms with Crippen LogP contribution in [-0.2, 0) is 4.74 Å². The van der Waals surface area contributed by atoms with Gasteiger partial charge in [-0.05, 0) is 50.7 Å². The largest absolute Gasteiger partial charge is 0.381 e. The molecule has 1 saturated carbocycles. The van der Waals surface area contributed by atoms with Gasteiger partial charge in [-0.1, -0.05) is 19.3 Å². The molecule has 2 heterocycles. The Hall–Kier alpha value is -0.420. The molecular weight excluding hydrogens is 318 g/mol. The van der Waals surface area contributed by atoms with Crippen molar-refractivity contribution in [3.8, 4) is 0 Å². The van der Waals surface area contributed by atoms with E-state index in [1.807, 2.05) is 11.8 Å². The summed E-state index contributed by atoms with van der Waals surface area (Å²) in [5.41, 5.74) is 0.588. The third-order valence-corrected chi connectivity index (χ3v) is 7.74. The first-order chi connectivity index (χ1) is 11.7. The van der Waals surface area contributed by atoms with E-state index in [1.54, 1.807) is 0 Å². The van der Waals surface area contributed by atoms with E-state index in [4.69, 9.17) is 9.73 Å². The molecule has 0 aromatic heterocycles. The molecule has 138 valence electrons. The third kappa shape index (κ3) is 4.21. The lowest BCUT2D eigenvalue weighted by molar-refractivity contribution is 0.0793. The number of aliphatic imine (C=N–C) groups is 1. The van der Waals surface area contributed by atoms with E-state index in [0.29, 0.717) is 5.41 Å². The second kappa shape index (κ2) is 8.31. The molecule has 0 amide bonds. The van der Waals surface area contributed by atoms with Crippen LogP contribution in [0.4, 0.5) is 0 Å². The first-order valence-corrected chi connectivity index (χ1v) is 11.1. The smallest absolute Gasteiger partial charge is 0.193 e. The first-order valence-electron chi connectivity index (χ1n) is 9.87. The number of thioether (sulfide) groups is 1. The van der Waals surface area contributed by atoms with E-state index in [2.05, 4.69) is 23.4 Å². The highest BCUT2D eigenvalue weighted by molar-refractivity contribution is 8.00. The third-order valence-electron chi connectivity index (χ3n) is 6.34. The SMILES string of the molecule is CCNC(=NCC1(SC)CCOCC1)N1CCC2(CCCCC2)C1. The Morgan fingerprint density at radius 1 is 1.12 bits per heavy atom. The van der Waals surface area contributed by atoms with Gasteiger partial charge < -0.3 is 15.0 Å². The predicted octanol–water partition coefficient (Wildman–Crippen LogP) is 3.52. The van der Waals surface area contributed by atoms with Crippen molar-refractivity contribution < 1.29 is 4.74 Å². The molecule has 1 spiro atoms. The lowest BCUT2D eigenvalue weighted by atomic mass is 9.73. The molecule has 3 aliphatic rings. The number of likely N-dealkylation sites (tertiary alicyclic amines) is 1. The van der Waals surface area contributed by atoms with Gasteiger partial charge >= 0.3 is 0 Å². The Kier molecular flexibility index (Phi) is 6.36. The Morgan fingerprint density at radius 2 is 1.88 bits per heavy atom. The summed E-state index contributed by atoms with van der Waals surface area (Å²) in [5, 5.41) is 3.56. The fourth-order valence-electron chi connectivity index (χ4n) is 4.64. The van der Waals surface area contributed by atoms with Gasteiger partial charge in [0.25, 0.3) is 0 Å². The molecule has 0 aromatic rings. The van der Waals surface area contributed by atoms with Crippen LogP contribution in [0.15, 0.2) is 4.99 Å². The number of guanidine groups is 1. The molecule has 2 aliphatic heterocycles. The first kappa shape index (κ1) is 18.4. The van der Waals surface area contributed by atoms with Gasteiger partial charge in [-0.3, -0.25) is 4.99 Å². The Bertz CT molecular complexity index is 428. The van der Waals surface area contributed by atoms with Gasteiger partial charge in [0.1, 0.15) is 0 Å². The highest BCUT2D eigenvalue weighted by atomic mass is 32.2. The van der Waals surface area contributed by atoms with Gasteiger partial charge in [0.2, 0.25) is 0 Å². The van der Waals surface area contributed by atoms with Crippen molar-refractivity contribution in [2.45, 2.75) is 63.0 Å². The minimum absolute atomic E-state index is 0.279. The van der Waals surface area contributed by atoms with Crippen molar-refractivity contribution >= 4 is 17.7 Å². The van der Waals surface area contributed by atoms with Crippen LogP contribution in [-0.4, -0.2) is 61.3 Å². The fourth-order valence-corrected chi connectivity index (χ4v) is 5.41. The number of hydrogen-bond donors (Lipinski definition) is 1. The molecule has 0 unspecified atom stereocenters. The molecule has 1 N–H and O–H groups in total. The van der Waals surface area contributed by atoms with E-state index in [-0.39, 0.29) is 4.75 Å². The van der Waals surface area contributed by atoms with Crippen LogP contribution in [0.2, 0.25) is 0 Å². The number of hydrogen-bond acceptors (Lipinski definition) is 3. The molecule has 24 heavy (non-hydrogen) atoms. The Labute approximate surface area is 152 Å². The molecular formula is C19H35N3OS. The van der Waals surface area contributed by atoms with Crippen LogP contribution >= 0.6 is 11.8 Å². The number of nitrogens with zero attached hydrogens (tertiary/aromatic N) is 2. The standard InChI is InChI=1S/C19H35N3OS/c1-3-20-17(21-15-19(24-2)10-13-23-14-11-19)22-12-9-18(16-22)7-5-4-6-8-18/h3-16H2,1-2H3,(H,20,21). The van der Waals surface area contributed by atoms with Crippen LogP contribution in [0.25, 0.3) is 0 Å². The summed E-state index contributed by atoms with van der Waals surface area (Å²) in [6, 6.07) is 0. The van der Waals surface area contributed by atoms with Crippen LogP contribution in [0.3, 0.4) is 0 Å². The van der Waals surface area contributed by atoms with E-state index >= 15 is 0 Å². The van der Waals surface area contributed by atoms with E-state index in [1.165, 1.54) is 51.6 Å². The van der Waals surface area contributed by atoms with Crippen molar-refractivity contribution in [1.29, 1.82) is 0 Å². The van der Waals surface area contributed by atoms with Crippen LogP contribution in [0.5, 0.6) is 0 Å². The van der Waals surface area contributed by atoms with Gasteiger partial charge in [-0.2, -0.15) is 11.8 Å². The zero-order valence-electron chi connectivity index (χ0n) is 15.6. The Balaban J connectivity index is 1.65. The predicted molar refractivity (Wildman–Crippen MR) is 104 cm³/mol. The number of rotatable bonds is 4.